The molecule has 0 radical (unpaired) electrons. The van der Waals surface area contributed by atoms with E-state index in [4.69, 9.17) is 11.6 Å². The minimum atomic E-state index is -0.0960. The lowest BCUT2D eigenvalue weighted by Gasteiger charge is -2.25. The number of halogens is 2. The first-order chi connectivity index (χ1) is 10.5. The molecule has 5 heteroatoms. The number of nitrogens with one attached hydrogen (secondary N) is 1. The largest absolute Gasteiger partial charge is 0.350 e. The molecule has 22 heavy (non-hydrogen) atoms. The maximum absolute atomic E-state index is 12.3. The Kier molecular flexibility index (Phi) is 6.00. The van der Waals surface area contributed by atoms with Gasteiger partial charge in [0.05, 0.1) is 11.6 Å². The second-order valence-corrected chi connectivity index (χ2v) is 6.52. The van der Waals surface area contributed by atoms with E-state index in [1.54, 1.807) is 6.07 Å². The van der Waals surface area contributed by atoms with Gasteiger partial charge in [0.25, 0.3) is 5.91 Å². The van der Waals surface area contributed by atoms with Crippen molar-refractivity contribution >= 4 is 33.4 Å². The lowest BCUT2D eigenvalue weighted by molar-refractivity contribution is 0.0941. The van der Waals surface area contributed by atoms with Crippen LogP contribution in [0.15, 0.2) is 53.0 Å². The Morgan fingerprint density at radius 3 is 2.59 bits per heavy atom. The van der Waals surface area contributed by atoms with Crippen molar-refractivity contribution in [3.63, 3.8) is 0 Å². The van der Waals surface area contributed by atoms with Gasteiger partial charge in [-0.05, 0) is 59.9 Å². The third-order valence-corrected chi connectivity index (χ3v) is 4.36. The van der Waals surface area contributed by atoms with Gasteiger partial charge >= 0.3 is 0 Å². The quantitative estimate of drug-likeness (QED) is 0.844. The molecule has 0 saturated heterocycles. The minimum absolute atomic E-state index is 0.0603. The first-order valence-electron chi connectivity index (χ1n) is 6.93. The van der Waals surface area contributed by atoms with Gasteiger partial charge < -0.3 is 10.2 Å². The fourth-order valence-electron chi connectivity index (χ4n) is 2.24. The van der Waals surface area contributed by atoms with E-state index in [1.165, 1.54) is 0 Å². The molecule has 0 spiro atoms. The predicted octanol–water partition coefficient (Wildman–Crippen LogP) is 4.14. The molecule has 2 aromatic carbocycles. The summed E-state index contributed by atoms with van der Waals surface area (Å²) in [5.41, 5.74) is 1.70. The number of amides is 1. The Labute approximate surface area is 144 Å². The summed E-state index contributed by atoms with van der Waals surface area (Å²) in [7, 11) is 3.96. The Hall–Kier alpha value is -1.36. The van der Waals surface area contributed by atoms with Crippen LogP contribution in [0.3, 0.4) is 0 Å². The normalized spacial score (nSPS) is 12.2. The highest BCUT2D eigenvalue weighted by atomic mass is 79.9. The monoisotopic (exact) mass is 380 g/mol. The molecule has 0 fully saturated rings. The van der Waals surface area contributed by atoms with Crippen molar-refractivity contribution in [3.05, 3.63) is 69.2 Å². The van der Waals surface area contributed by atoms with Crippen LogP contribution in [0, 0.1) is 0 Å². The van der Waals surface area contributed by atoms with Crippen molar-refractivity contribution in [1.82, 2.24) is 10.2 Å². The van der Waals surface area contributed by atoms with Gasteiger partial charge in [0, 0.05) is 16.0 Å². The number of rotatable bonds is 5. The molecule has 116 valence electrons. The van der Waals surface area contributed by atoms with E-state index in [0.717, 1.165) is 10.0 Å². The zero-order valence-corrected chi connectivity index (χ0v) is 14.9. The van der Waals surface area contributed by atoms with Crippen molar-refractivity contribution in [1.29, 1.82) is 0 Å². The van der Waals surface area contributed by atoms with Gasteiger partial charge in [-0.15, -0.1) is 0 Å². The molecule has 3 nitrogen and oxygen atoms in total. The van der Waals surface area contributed by atoms with E-state index < -0.39 is 0 Å². The molecule has 2 rings (SSSR count). The predicted molar refractivity (Wildman–Crippen MR) is 94.4 cm³/mol. The highest BCUT2D eigenvalue weighted by Gasteiger charge is 2.17. The standard InChI is InChI=1S/C17H18BrClN2O/c1-21(2)16(12-6-5-7-13(19)10-12)11-20-17(22)14-8-3-4-9-15(14)18/h3-10,16H,11H2,1-2H3,(H,20,22). The third kappa shape index (κ3) is 4.32. The van der Waals surface area contributed by atoms with Crippen molar-refractivity contribution < 1.29 is 4.79 Å². The highest BCUT2D eigenvalue weighted by molar-refractivity contribution is 9.10. The van der Waals surface area contributed by atoms with E-state index in [1.807, 2.05) is 56.6 Å². The number of nitrogens with zero attached hydrogens (tertiary/aromatic N) is 1. The summed E-state index contributed by atoms with van der Waals surface area (Å²) in [4.78, 5) is 14.4. The Morgan fingerprint density at radius 1 is 1.23 bits per heavy atom. The molecule has 1 N–H and O–H groups in total. The molecule has 0 heterocycles. The van der Waals surface area contributed by atoms with Gasteiger partial charge in [0.2, 0.25) is 0 Å². The van der Waals surface area contributed by atoms with E-state index in [9.17, 15) is 4.79 Å². The number of hydrogen-bond acceptors (Lipinski definition) is 2. The summed E-state index contributed by atoms with van der Waals surface area (Å²) >= 11 is 9.46. The zero-order chi connectivity index (χ0) is 16.1. The zero-order valence-electron chi connectivity index (χ0n) is 12.5. The van der Waals surface area contributed by atoms with Crippen molar-refractivity contribution in [2.24, 2.45) is 0 Å². The topological polar surface area (TPSA) is 32.3 Å². The van der Waals surface area contributed by atoms with Crippen LogP contribution in [-0.4, -0.2) is 31.4 Å². The molecule has 0 aliphatic rings. The fraction of sp³-hybridized carbons (Fsp3) is 0.235. The molecule has 0 bridgehead atoms. The average molecular weight is 382 g/mol. The van der Waals surface area contributed by atoms with Crippen LogP contribution in [0.5, 0.6) is 0 Å². The number of benzene rings is 2. The van der Waals surface area contributed by atoms with Gasteiger partial charge in [-0.25, -0.2) is 0 Å². The molecular weight excluding hydrogens is 364 g/mol. The van der Waals surface area contributed by atoms with Crippen LogP contribution < -0.4 is 5.32 Å². The molecule has 0 aliphatic heterocycles. The first kappa shape index (κ1) is 17.0. The number of carbonyl (C=O) groups excluding carboxylic acids is 1. The first-order valence-corrected chi connectivity index (χ1v) is 8.10. The lowest BCUT2D eigenvalue weighted by atomic mass is 10.1. The minimum Gasteiger partial charge on any atom is -0.350 e. The van der Waals surface area contributed by atoms with Crippen molar-refractivity contribution in [2.45, 2.75) is 6.04 Å². The van der Waals surface area contributed by atoms with Gasteiger partial charge in [-0.3, -0.25) is 4.79 Å². The van der Waals surface area contributed by atoms with Crippen LogP contribution in [0.25, 0.3) is 0 Å². The second kappa shape index (κ2) is 7.77. The van der Waals surface area contributed by atoms with Crippen LogP contribution in [0.4, 0.5) is 0 Å². The summed E-state index contributed by atoms with van der Waals surface area (Å²) in [6.45, 7) is 0.507. The highest BCUT2D eigenvalue weighted by Crippen LogP contribution is 2.21. The Balaban J connectivity index is 2.10. The van der Waals surface area contributed by atoms with Crippen LogP contribution in [0.1, 0.15) is 22.0 Å². The molecule has 2 aromatic rings. The van der Waals surface area contributed by atoms with Gasteiger partial charge in [0.15, 0.2) is 0 Å². The summed E-state index contributed by atoms with van der Waals surface area (Å²) in [6.07, 6.45) is 0. The van der Waals surface area contributed by atoms with Crippen molar-refractivity contribution in [3.8, 4) is 0 Å². The van der Waals surface area contributed by atoms with E-state index >= 15 is 0 Å². The second-order valence-electron chi connectivity index (χ2n) is 5.22. The van der Waals surface area contributed by atoms with Crippen LogP contribution in [-0.2, 0) is 0 Å². The van der Waals surface area contributed by atoms with E-state index in [0.29, 0.717) is 17.1 Å². The molecule has 0 aliphatic carbocycles. The lowest BCUT2D eigenvalue weighted by Crippen LogP contribution is -2.34. The summed E-state index contributed by atoms with van der Waals surface area (Å²) in [5.74, 6) is -0.0960. The third-order valence-electron chi connectivity index (χ3n) is 3.43. The van der Waals surface area contributed by atoms with Gasteiger partial charge in [0.1, 0.15) is 0 Å². The molecular formula is C17H18BrClN2O. The molecule has 1 amide bonds. The van der Waals surface area contributed by atoms with E-state index in [-0.39, 0.29) is 11.9 Å². The summed E-state index contributed by atoms with van der Waals surface area (Å²) in [5, 5.41) is 3.68. The maximum atomic E-state index is 12.3. The molecule has 0 aromatic heterocycles. The van der Waals surface area contributed by atoms with Gasteiger partial charge in [-0.1, -0.05) is 35.9 Å². The summed E-state index contributed by atoms with van der Waals surface area (Å²) in [6, 6.07) is 15.2. The molecule has 1 atom stereocenters. The molecule has 1 unspecified atom stereocenters. The Morgan fingerprint density at radius 2 is 1.95 bits per heavy atom. The summed E-state index contributed by atoms with van der Waals surface area (Å²) < 4.78 is 0.789. The number of carbonyl (C=O) groups is 1. The van der Waals surface area contributed by atoms with E-state index in [2.05, 4.69) is 26.1 Å². The number of hydrogen-bond donors (Lipinski definition) is 1. The van der Waals surface area contributed by atoms with Gasteiger partial charge in [-0.2, -0.15) is 0 Å². The SMILES string of the molecule is CN(C)C(CNC(=O)c1ccccc1Br)c1cccc(Cl)c1. The Bertz CT molecular complexity index is 661. The maximum Gasteiger partial charge on any atom is 0.252 e. The average Bonchev–Trinajstić information content (AvgIpc) is 2.47. The number of likely N-dealkylation sites (N-methyl/N-ethyl adjacent to an activating group) is 1. The smallest absolute Gasteiger partial charge is 0.252 e. The fourth-order valence-corrected chi connectivity index (χ4v) is 2.91. The van der Waals surface area contributed by atoms with Crippen LogP contribution >= 0.6 is 27.5 Å². The van der Waals surface area contributed by atoms with Crippen molar-refractivity contribution in [2.75, 3.05) is 20.6 Å². The van der Waals surface area contributed by atoms with Crippen LogP contribution in [0.2, 0.25) is 5.02 Å². The molecule has 0 saturated carbocycles.